The van der Waals surface area contributed by atoms with Crippen molar-refractivity contribution >= 4 is 11.9 Å². The molecule has 1 atom stereocenters. The lowest BCUT2D eigenvalue weighted by Crippen LogP contribution is -2.40. The van der Waals surface area contributed by atoms with Gasteiger partial charge in [0.05, 0.1) is 0 Å². The van der Waals surface area contributed by atoms with Crippen molar-refractivity contribution in [2.45, 2.75) is 18.9 Å². The van der Waals surface area contributed by atoms with E-state index < -0.39 is 29.4 Å². The lowest BCUT2D eigenvalue weighted by molar-refractivity contribution is -0.549. The van der Waals surface area contributed by atoms with Gasteiger partial charge in [0, 0.05) is 6.42 Å². The summed E-state index contributed by atoms with van der Waals surface area (Å²) in [6.45, 7) is 0. The molecule has 0 bridgehead atoms. The summed E-state index contributed by atoms with van der Waals surface area (Å²) >= 11 is 0. The Morgan fingerprint density at radius 1 is 1.46 bits per heavy atom. The summed E-state index contributed by atoms with van der Waals surface area (Å²) in [5.41, 5.74) is 1.49. The van der Waals surface area contributed by atoms with E-state index in [2.05, 4.69) is 0 Å². The quantitative estimate of drug-likeness (QED) is 0.366. The summed E-state index contributed by atoms with van der Waals surface area (Å²) in [7, 11) is 0. The van der Waals surface area contributed by atoms with Crippen molar-refractivity contribution in [2.75, 3.05) is 0 Å². The molecule has 0 fully saturated rings. The molecule has 0 unspecified atom stereocenters. The zero-order valence-electron chi connectivity index (χ0n) is 6.47. The largest absolute Gasteiger partial charge is 0.481 e. The van der Waals surface area contributed by atoms with Gasteiger partial charge < -0.3 is 10.2 Å². The van der Waals surface area contributed by atoms with Crippen LogP contribution in [0.15, 0.2) is 0 Å². The number of carboxylic acids is 2. The molecule has 0 radical (unpaired) electrons. The van der Waals surface area contributed by atoms with Crippen molar-refractivity contribution in [3.63, 3.8) is 0 Å². The molecule has 0 aliphatic heterocycles. The Balaban J connectivity index is 4.02. The number of nitrogens with zero attached hydrogens (tertiary/aromatic N) is 1. The first-order valence-electron chi connectivity index (χ1n) is 3.28. The highest BCUT2D eigenvalue weighted by Gasteiger charge is 2.22. The van der Waals surface area contributed by atoms with Crippen molar-refractivity contribution in [1.29, 1.82) is 0 Å². The molecule has 3 N–H and O–H groups in total. The van der Waals surface area contributed by atoms with Gasteiger partial charge in [-0.25, -0.2) is 14.9 Å². The summed E-state index contributed by atoms with van der Waals surface area (Å²) in [5.74, 6) is -2.64. The number of carboxylic acid groups (broad SMARTS) is 2. The van der Waals surface area contributed by atoms with E-state index in [0.29, 0.717) is 0 Å². The van der Waals surface area contributed by atoms with E-state index >= 15 is 0 Å². The van der Waals surface area contributed by atoms with Crippen LogP contribution in [0.3, 0.4) is 0 Å². The number of hydrazine groups is 1. The van der Waals surface area contributed by atoms with Crippen LogP contribution in [0.5, 0.6) is 0 Å². The zero-order chi connectivity index (χ0) is 10.4. The van der Waals surface area contributed by atoms with Crippen LogP contribution in [0, 0.1) is 10.1 Å². The molecule has 0 aromatic carbocycles. The van der Waals surface area contributed by atoms with E-state index in [1.807, 2.05) is 0 Å². The maximum Gasteiger partial charge on any atom is 0.332 e. The molecule has 0 aliphatic carbocycles. The van der Waals surface area contributed by atoms with Gasteiger partial charge in [-0.3, -0.25) is 4.79 Å². The first-order valence-corrected chi connectivity index (χ1v) is 3.28. The molecule has 0 spiro atoms. The number of carbonyl (C=O) groups is 2. The fourth-order valence-electron chi connectivity index (χ4n) is 0.638. The standard InChI is InChI=1S/C5H8N2O6/c8-4(9)2-1-3(5(10)11)6-7(12)13/h3,6H,1-2H2,(H,8,9)(H,10,11)/t3-/m0/s1. The fourth-order valence-corrected chi connectivity index (χ4v) is 0.638. The van der Waals surface area contributed by atoms with Gasteiger partial charge in [-0.2, -0.15) is 0 Å². The third-order valence-electron chi connectivity index (χ3n) is 1.21. The van der Waals surface area contributed by atoms with E-state index in [0.717, 1.165) is 0 Å². The van der Waals surface area contributed by atoms with Crippen LogP contribution in [0.2, 0.25) is 0 Å². The van der Waals surface area contributed by atoms with Crippen molar-refractivity contribution < 1.29 is 24.8 Å². The number of hydrogen-bond acceptors (Lipinski definition) is 4. The van der Waals surface area contributed by atoms with Gasteiger partial charge in [0.15, 0.2) is 11.1 Å². The fraction of sp³-hybridized carbons (Fsp3) is 0.600. The highest BCUT2D eigenvalue weighted by Crippen LogP contribution is 1.97. The lowest BCUT2D eigenvalue weighted by Gasteiger charge is -2.06. The van der Waals surface area contributed by atoms with Gasteiger partial charge in [0.25, 0.3) is 0 Å². The number of nitrogens with one attached hydrogen (secondary N) is 1. The SMILES string of the molecule is O=C(O)CC[C@H](N[N+](=O)[O-])C(=O)O. The van der Waals surface area contributed by atoms with E-state index in [-0.39, 0.29) is 6.42 Å². The summed E-state index contributed by atoms with van der Waals surface area (Å²) in [5, 5.41) is 25.4. The Morgan fingerprint density at radius 3 is 2.31 bits per heavy atom. The second kappa shape index (κ2) is 4.91. The van der Waals surface area contributed by atoms with Crippen LogP contribution in [-0.2, 0) is 9.59 Å². The molecular weight excluding hydrogens is 184 g/mol. The molecule has 8 heteroatoms. The Bertz CT molecular complexity index is 227. The van der Waals surface area contributed by atoms with Crippen molar-refractivity contribution in [1.82, 2.24) is 5.43 Å². The minimum absolute atomic E-state index is 0.328. The zero-order valence-corrected chi connectivity index (χ0v) is 6.47. The summed E-state index contributed by atoms with van der Waals surface area (Å²) in [6.07, 6.45) is -0.760. The van der Waals surface area contributed by atoms with Crippen molar-refractivity contribution in [2.24, 2.45) is 0 Å². The number of nitro groups is 1. The second-order valence-corrected chi connectivity index (χ2v) is 2.21. The monoisotopic (exact) mass is 192 g/mol. The summed E-state index contributed by atoms with van der Waals surface area (Å²) in [6, 6.07) is -1.47. The van der Waals surface area contributed by atoms with Gasteiger partial charge in [0.1, 0.15) is 0 Å². The van der Waals surface area contributed by atoms with Gasteiger partial charge >= 0.3 is 11.9 Å². The minimum atomic E-state index is -1.47. The minimum Gasteiger partial charge on any atom is -0.481 e. The van der Waals surface area contributed by atoms with E-state index in [9.17, 15) is 19.7 Å². The third kappa shape index (κ3) is 5.41. The highest BCUT2D eigenvalue weighted by atomic mass is 16.7. The van der Waals surface area contributed by atoms with Crippen LogP contribution >= 0.6 is 0 Å². The Hall–Kier alpha value is -1.86. The van der Waals surface area contributed by atoms with Crippen LogP contribution in [-0.4, -0.2) is 33.2 Å². The van der Waals surface area contributed by atoms with Crippen LogP contribution < -0.4 is 5.43 Å². The van der Waals surface area contributed by atoms with Gasteiger partial charge in [-0.1, -0.05) is 0 Å². The number of aliphatic carboxylic acids is 2. The van der Waals surface area contributed by atoms with E-state index in [4.69, 9.17) is 10.2 Å². The number of hydrogen-bond donors (Lipinski definition) is 3. The Morgan fingerprint density at radius 2 is 2.00 bits per heavy atom. The second-order valence-electron chi connectivity index (χ2n) is 2.21. The maximum atomic E-state index is 10.3. The summed E-state index contributed by atoms with van der Waals surface area (Å²) < 4.78 is 0. The van der Waals surface area contributed by atoms with E-state index in [1.54, 1.807) is 0 Å². The van der Waals surface area contributed by atoms with E-state index in [1.165, 1.54) is 5.43 Å². The molecule has 0 heterocycles. The molecule has 0 amide bonds. The Kier molecular flexibility index (Phi) is 4.20. The molecule has 0 aliphatic rings. The smallest absolute Gasteiger partial charge is 0.332 e. The average molecular weight is 192 g/mol. The molecule has 0 rings (SSSR count). The molecule has 0 saturated carbocycles. The predicted octanol–water partition coefficient (Wildman–Crippen LogP) is -0.914. The summed E-state index contributed by atoms with van der Waals surface area (Å²) in [4.78, 5) is 30.2. The number of rotatable bonds is 6. The normalized spacial score (nSPS) is 11.7. The first kappa shape index (κ1) is 11.1. The first-order chi connectivity index (χ1) is 5.93. The molecular formula is C5H8N2O6. The maximum absolute atomic E-state index is 10.3. The average Bonchev–Trinajstić information content (AvgIpc) is 1.96. The lowest BCUT2D eigenvalue weighted by atomic mass is 10.2. The Labute approximate surface area is 72.3 Å². The third-order valence-corrected chi connectivity index (χ3v) is 1.21. The molecule has 13 heavy (non-hydrogen) atoms. The van der Waals surface area contributed by atoms with Crippen molar-refractivity contribution in [3.8, 4) is 0 Å². The van der Waals surface area contributed by atoms with Crippen LogP contribution in [0.25, 0.3) is 0 Å². The van der Waals surface area contributed by atoms with Crippen molar-refractivity contribution in [3.05, 3.63) is 10.1 Å². The molecule has 8 nitrogen and oxygen atoms in total. The highest BCUT2D eigenvalue weighted by molar-refractivity contribution is 5.74. The van der Waals surface area contributed by atoms with Gasteiger partial charge in [0.2, 0.25) is 0 Å². The van der Waals surface area contributed by atoms with Gasteiger partial charge in [-0.05, 0) is 6.42 Å². The molecule has 0 aromatic rings. The molecule has 0 aromatic heterocycles. The molecule has 0 saturated heterocycles. The van der Waals surface area contributed by atoms with Gasteiger partial charge in [-0.15, -0.1) is 5.43 Å². The predicted molar refractivity (Wildman–Crippen MR) is 38.4 cm³/mol. The van der Waals surface area contributed by atoms with Crippen LogP contribution in [0.4, 0.5) is 0 Å². The topological polar surface area (TPSA) is 130 Å². The molecule has 74 valence electrons. The van der Waals surface area contributed by atoms with Crippen LogP contribution in [0.1, 0.15) is 12.8 Å².